The Morgan fingerprint density at radius 3 is 1.90 bits per heavy atom. The van der Waals surface area contributed by atoms with Crippen LogP contribution in [0.15, 0.2) is 71.0 Å². The van der Waals surface area contributed by atoms with E-state index in [-0.39, 0.29) is 10.6 Å². The number of ether oxygens (including phenoxy) is 1. The third-order valence-corrected chi connectivity index (χ3v) is 13.4. The number of epoxide rings is 1. The predicted octanol–water partition coefficient (Wildman–Crippen LogP) is 12.0. The van der Waals surface area contributed by atoms with Crippen molar-refractivity contribution in [2.45, 2.75) is 156 Å². The summed E-state index contributed by atoms with van der Waals surface area (Å²) in [5.74, 6) is 1.20. The van der Waals surface area contributed by atoms with Crippen molar-refractivity contribution in [2.75, 3.05) is 0 Å². The van der Waals surface area contributed by atoms with E-state index in [1.807, 2.05) is 0 Å². The van der Waals surface area contributed by atoms with Crippen molar-refractivity contribution in [1.29, 1.82) is 0 Å². The number of hydrogen-bond donors (Lipinski definition) is 0. The van der Waals surface area contributed by atoms with Gasteiger partial charge >= 0.3 is 0 Å². The van der Waals surface area contributed by atoms with Crippen LogP contribution in [-0.2, 0) is 15.6 Å². The number of rotatable bonds is 17. The Morgan fingerprint density at radius 2 is 1.39 bits per heavy atom. The molecule has 0 saturated carbocycles. The first kappa shape index (κ1) is 35.4. The van der Waals surface area contributed by atoms with Gasteiger partial charge in [0.05, 0.1) is 17.5 Å². The van der Waals surface area contributed by atoms with E-state index in [4.69, 9.17) is 9.16 Å². The molecular weight excluding hydrogens is 517 g/mol. The van der Waals surface area contributed by atoms with E-state index in [0.29, 0.717) is 6.10 Å². The van der Waals surface area contributed by atoms with Crippen LogP contribution in [0.5, 0.6) is 0 Å². The fourth-order valence-electron chi connectivity index (χ4n) is 4.90. The highest BCUT2D eigenvalue weighted by Gasteiger charge is 2.46. The molecule has 2 nitrogen and oxygen atoms in total. The topological polar surface area (TPSA) is 21.8 Å². The lowest BCUT2D eigenvalue weighted by Gasteiger charge is -2.37. The summed E-state index contributed by atoms with van der Waals surface area (Å²) in [6.07, 6.45) is 21.1. The number of allylic oxidation sites excluding steroid dienone is 8. The summed E-state index contributed by atoms with van der Waals surface area (Å²) in [5, 5.41) is 0.204. The SMILES string of the molecule is C/C(=C\CC/C(C)=C/CC/C(=C\CCc1cccc(C)c1)O[Si](C)(C)C(C)(C)C)CC/C=C(\C)CC[C@@H]1OC1(C)C. The van der Waals surface area contributed by atoms with Gasteiger partial charge in [-0.15, -0.1) is 0 Å². The Bertz CT molecular complexity index is 1080. The van der Waals surface area contributed by atoms with Crippen molar-refractivity contribution in [3.63, 3.8) is 0 Å². The Balaban J connectivity index is 1.80. The van der Waals surface area contributed by atoms with Gasteiger partial charge in [-0.1, -0.05) is 85.5 Å². The Kier molecular flexibility index (Phi) is 13.9. The molecule has 1 aliphatic rings. The highest BCUT2D eigenvalue weighted by atomic mass is 28.4. The molecule has 1 heterocycles. The van der Waals surface area contributed by atoms with Crippen LogP contribution < -0.4 is 0 Å². The smallest absolute Gasteiger partial charge is 0.250 e. The highest BCUT2D eigenvalue weighted by molar-refractivity contribution is 6.74. The zero-order valence-corrected chi connectivity index (χ0v) is 29.6. The van der Waals surface area contributed by atoms with Gasteiger partial charge in [0.25, 0.3) is 0 Å². The number of aryl methyl sites for hydroxylation is 2. The second kappa shape index (κ2) is 16.1. The minimum atomic E-state index is -1.85. The average molecular weight is 579 g/mol. The van der Waals surface area contributed by atoms with Gasteiger partial charge < -0.3 is 9.16 Å². The molecule has 0 amide bonds. The number of benzene rings is 1. The summed E-state index contributed by atoms with van der Waals surface area (Å²) in [7, 11) is -1.85. The Morgan fingerprint density at radius 1 is 0.854 bits per heavy atom. The predicted molar refractivity (Wildman–Crippen MR) is 183 cm³/mol. The van der Waals surface area contributed by atoms with Gasteiger partial charge in [0.15, 0.2) is 0 Å². The maximum atomic E-state index is 6.80. The van der Waals surface area contributed by atoms with Crippen molar-refractivity contribution in [2.24, 2.45) is 0 Å². The molecular formula is C38H62O2Si. The van der Waals surface area contributed by atoms with Gasteiger partial charge in [0.1, 0.15) is 0 Å². The maximum absolute atomic E-state index is 6.80. The first-order valence-corrected chi connectivity index (χ1v) is 19.1. The van der Waals surface area contributed by atoms with E-state index in [1.54, 1.807) is 0 Å². The van der Waals surface area contributed by atoms with Crippen LogP contribution in [0.1, 0.15) is 124 Å². The van der Waals surface area contributed by atoms with Crippen molar-refractivity contribution in [1.82, 2.24) is 0 Å². The van der Waals surface area contributed by atoms with Crippen LogP contribution in [0.2, 0.25) is 18.1 Å². The van der Waals surface area contributed by atoms with Crippen LogP contribution in [-0.4, -0.2) is 20.0 Å². The van der Waals surface area contributed by atoms with Crippen LogP contribution in [0.25, 0.3) is 0 Å². The van der Waals surface area contributed by atoms with Crippen molar-refractivity contribution < 1.29 is 9.16 Å². The van der Waals surface area contributed by atoms with Crippen LogP contribution in [0, 0.1) is 6.92 Å². The molecule has 0 aliphatic carbocycles. The minimum Gasteiger partial charge on any atom is -0.547 e. The van der Waals surface area contributed by atoms with Crippen LogP contribution in [0.4, 0.5) is 0 Å². The molecule has 2 rings (SSSR count). The molecule has 1 aliphatic heterocycles. The quantitative estimate of drug-likeness (QED) is 0.0793. The van der Waals surface area contributed by atoms with E-state index < -0.39 is 8.32 Å². The summed E-state index contributed by atoms with van der Waals surface area (Å²) in [5.41, 5.74) is 7.36. The summed E-state index contributed by atoms with van der Waals surface area (Å²) in [6.45, 7) is 25.1. The van der Waals surface area contributed by atoms with Crippen LogP contribution >= 0.6 is 0 Å². The summed E-state index contributed by atoms with van der Waals surface area (Å²) < 4.78 is 12.5. The summed E-state index contributed by atoms with van der Waals surface area (Å²) >= 11 is 0. The molecule has 1 aromatic rings. The van der Waals surface area contributed by atoms with Gasteiger partial charge in [0, 0.05) is 6.42 Å². The van der Waals surface area contributed by atoms with Crippen molar-refractivity contribution >= 4 is 8.32 Å². The van der Waals surface area contributed by atoms with E-state index in [9.17, 15) is 0 Å². The van der Waals surface area contributed by atoms with Gasteiger partial charge in [0.2, 0.25) is 8.32 Å². The molecule has 1 atom stereocenters. The molecule has 1 aromatic carbocycles. The first-order valence-electron chi connectivity index (χ1n) is 16.2. The molecule has 1 saturated heterocycles. The zero-order valence-electron chi connectivity index (χ0n) is 28.6. The molecule has 0 N–H and O–H groups in total. The fourth-order valence-corrected chi connectivity index (χ4v) is 6.05. The van der Waals surface area contributed by atoms with Gasteiger partial charge in [-0.2, -0.15) is 0 Å². The molecule has 0 unspecified atom stereocenters. The largest absolute Gasteiger partial charge is 0.547 e. The number of hydrogen-bond acceptors (Lipinski definition) is 2. The Hall–Kier alpha value is -1.84. The minimum absolute atomic E-state index is 0.117. The molecule has 0 aromatic heterocycles. The average Bonchev–Trinajstić information content (AvgIpc) is 3.48. The zero-order chi connectivity index (χ0) is 30.7. The molecule has 0 spiro atoms. The third-order valence-electron chi connectivity index (χ3n) is 8.99. The fraction of sp³-hybridized carbons (Fsp3) is 0.632. The highest BCUT2D eigenvalue weighted by Crippen LogP contribution is 2.39. The molecule has 230 valence electrons. The molecule has 41 heavy (non-hydrogen) atoms. The lowest BCUT2D eigenvalue weighted by molar-refractivity contribution is 0.320. The van der Waals surface area contributed by atoms with E-state index in [1.165, 1.54) is 33.6 Å². The maximum Gasteiger partial charge on any atom is 0.250 e. The monoisotopic (exact) mass is 578 g/mol. The lowest BCUT2D eigenvalue weighted by atomic mass is 10.0. The normalized spacial score (nSPS) is 18.6. The van der Waals surface area contributed by atoms with Crippen LogP contribution in [0.3, 0.4) is 0 Å². The molecule has 0 bridgehead atoms. The summed E-state index contributed by atoms with van der Waals surface area (Å²) in [4.78, 5) is 0. The molecule has 3 heteroatoms. The Labute approximate surface area is 255 Å². The van der Waals surface area contributed by atoms with E-state index in [2.05, 4.69) is 124 Å². The van der Waals surface area contributed by atoms with E-state index in [0.717, 1.165) is 64.2 Å². The third kappa shape index (κ3) is 13.8. The standard InChI is InChI=1S/C38H62O2Si/c1-30(19-13-20-32(3)27-28-36-38(8,9)39-36)17-12-18-31(2)21-15-25-35(40-41(10,11)37(5,6)7)26-16-24-34-23-14-22-33(4)29-34/h14,17,20-23,26,29,36H,12-13,15-16,18-19,24-25,27-28H2,1-11H3/b30-17+,31-21+,32-20+,35-26+/t36-/m0/s1. The first-order chi connectivity index (χ1) is 19.1. The summed E-state index contributed by atoms with van der Waals surface area (Å²) in [6, 6.07) is 8.87. The second-order valence-electron chi connectivity index (χ2n) is 14.6. The van der Waals surface area contributed by atoms with Crippen molar-refractivity contribution in [3.05, 3.63) is 82.2 Å². The van der Waals surface area contributed by atoms with Gasteiger partial charge in [-0.3, -0.25) is 0 Å². The van der Waals surface area contributed by atoms with Crippen molar-refractivity contribution in [3.8, 4) is 0 Å². The lowest BCUT2D eigenvalue weighted by Crippen LogP contribution is -2.40. The second-order valence-corrected chi connectivity index (χ2v) is 19.3. The molecule has 1 fully saturated rings. The molecule has 0 radical (unpaired) electrons. The van der Waals surface area contributed by atoms with Gasteiger partial charge in [-0.25, -0.2) is 0 Å². The van der Waals surface area contributed by atoms with E-state index >= 15 is 0 Å². The van der Waals surface area contributed by atoms with Gasteiger partial charge in [-0.05, 0) is 129 Å².